The van der Waals surface area contributed by atoms with Crippen LogP contribution in [0.4, 0.5) is 4.79 Å². The summed E-state index contributed by atoms with van der Waals surface area (Å²) in [5, 5.41) is 4.77. The molecule has 0 heterocycles. The highest BCUT2D eigenvalue weighted by Crippen LogP contribution is 2.38. The molecule has 0 atom stereocenters. The number of carbonyl (C=O) groups is 1. The fraction of sp³-hybridized carbons (Fsp3) is 0.778. The van der Waals surface area contributed by atoms with Crippen molar-refractivity contribution in [2.24, 2.45) is 5.16 Å². The quantitative estimate of drug-likeness (QED) is 0.136. The highest BCUT2D eigenvalue weighted by atomic mass is 33.1. The summed E-state index contributed by atoms with van der Waals surface area (Å²) in [5.41, 5.74) is 0. The maximum absolute atomic E-state index is 11.6. The lowest BCUT2D eigenvalue weighted by molar-refractivity contribution is 0.137. The third-order valence-corrected chi connectivity index (χ3v) is 7.72. The van der Waals surface area contributed by atoms with Gasteiger partial charge in [-0.15, -0.1) is 35.3 Å². The first kappa shape index (κ1) is 18.7. The molecule has 0 rings (SSSR count). The standard InChI is InChI=1S/C9H18N2O2S5/c1-9(15-4,16-5)7(14-3)10-13-8(12)11(2)18-17-6/h1-6H3. The average molecular weight is 347 g/mol. The average Bonchev–Trinajstić information content (AvgIpc) is 2.38. The molecule has 18 heavy (non-hydrogen) atoms. The van der Waals surface area contributed by atoms with Crippen LogP contribution in [-0.2, 0) is 4.84 Å². The predicted octanol–water partition coefficient (Wildman–Crippen LogP) is 4.10. The Kier molecular flexibility index (Phi) is 9.94. The van der Waals surface area contributed by atoms with Gasteiger partial charge in [-0.25, -0.2) is 9.10 Å². The molecule has 4 nitrogen and oxygen atoms in total. The van der Waals surface area contributed by atoms with E-state index in [-0.39, 0.29) is 4.08 Å². The third kappa shape index (κ3) is 5.77. The van der Waals surface area contributed by atoms with Gasteiger partial charge in [0.1, 0.15) is 9.12 Å². The molecule has 0 saturated heterocycles. The van der Waals surface area contributed by atoms with Crippen molar-refractivity contribution in [3.63, 3.8) is 0 Å². The fourth-order valence-electron chi connectivity index (χ4n) is 0.844. The van der Waals surface area contributed by atoms with Crippen LogP contribution in [0.2, 0.25) is 0 Å². The molecule has 0 aliphatic carbocycles. The van der Waals surface area contributed by atoms with Gasteiger partial charge in [-0.05, 0) is 31.9 Å². The van der Waals surface area contributed by atoms with Gasteiger partial charge in [-0.3, -0.25) is 4.84 Å². The highest BCUT2D eigenvalue weighted by Gasteiger charge is 2.29. The molecule has 0 radical (unpaired) electrons. The lowest BCUT2D eigenvalue weighted by Gasteiger charge is -2.25. The van der Waals surface area contributed by atoms with Gasteiger partial charge in [0.05, 0.1) is 0 Å². The summed E-state index contributed by atoms with van der Waals surface area (Å²) >= 11 is 4.84. The van der Waals surface area contributed by atoms with Crippen molar-refractivity contribution in [2.45, 2.75) is 11.0 Å². The molecular weight excluding hydrogens is 328 g/mol. The van der Waals surface area contributed by atoms with Crippen LogP contribution < -0.4 is 0 Å². The summed E-state index contributed by atoms with van der Waals surface area (Å²) in [5.74, 6) is 0. The fourth-order valence-corrected chi connectivity index (χ4v) is 4.59. The van der Waals surface area contributed by atoms with Crippen LogP contribution in [0.1, 0.15) is 6.92 Å². The van der Waals surface area contributed by atoms with Crippen molar-refractivity contribution in [3.8, 4) is 0 Å². The van der Waals surface area contributed by atoms with Crippen LogP contribution in [0.25, 0.3) is 0 Å². The molecule has 0 aromatic rings. The van der Waals surface area contributed by atoms with Crippen LogP contribution in [0, 0.1) is 0 Å². The smallest absolute Gasteiger partial charge is 0.296 e. The minimum Gasteiger partial charge on any atom is -0.296 e. The summed E-state index contributed by atoms with van der Waals surface area (Å²) in [6.07, 6.45) is 7.38. The Morgan fingerprint density at radius 3 is 2.17 bits per heavy atom. The number of nitrogens with zero attached hydrogens (tertiary/aromatic N) is 2. The van der Waals surface area contributed by atoms with E-state index >= 15 is 0 Å². The van der Waals surface area contributed by atoms with Crippen molar-refractivity contribution >= 4 is 68.2 Å². The van der Waals surface area contributed by atoms with Gasteiger partial charge < -0.3 is 0 Å². The zero-order chi connectivity index (χ0) is 14.2. The first-order valence-electron chi connectivity index (χ1n) is 4.83. The first-order valence-corrected chi connectivity index (χ1v) is 11.0. The molecule has 0 N–H and O–H groups in total. The Bertz CT molecular complexity index is 297. The molecule has 106 valence electrons. The molecule has 9 heteroatoms. The normalized spacial score (nSPS) is 12.4. The Morgan fingerprint density at radius 1 is 1.22 bits per heavy atom. The van der Waals surface area contributed by atoms with Crippen molar-refractivity contribution in [1.82, 2.24) is 4.31 Å². The van der Waals surface area contributed by atoms with Gasteiger partial charge in [0.2, 0.25) is 0 Å². The minimum absolute atomic E-state index is 0.190. The number of rotatable bonds is 6. The zero-order valence-electron chi connectivity index (χ0n) is 11.3. The lowest BCUT2D eigenvalue weighted by Crippen LogP contribution is -2.26. The van der Waals surface area contributed by atoms with E-state index in [1.165, 1.54) is 37.8 Å². The SMILES string of the molecule is CSSN(C)C(=O)ON=C(SC)C(C)(SC)SC. The summed E-state index contributed by atoms with van der Waals surface area (Å²) < 4.78 is 1.21. The van der Waals surface area contributed by atoms with E-state index in [2.05, 4.69) is 12.1 Å². The van der Waals surface area contributed by atoms with E-state index in [1.807, 2.05) is 25.0 Å². The van der Waals surface area contributed by atoms with E-state index in [1.54, 1.807) is 30.6 Å². The van der Waals surface area contributed by atoms with Crippen LogP contribution >= 0.6 is 57.1 Å². The van der Waals surface area contributed by atoms with Gasteiger partial charge in [0, 0.05) is 18.0 Å². The molecular formula is C9H18N2O2S5. The summed E-state index contributed by atoms with van der Waals surface area (Å²) in [4.78, 5) is 16.5. The highest BCUT2D eigenvalue weighted by molar-refractivity contribution is 8.75. The molecule has 0 aliphatic rings. The number of hydrogen-bond acceptors (Lipinski definition) is 8. The van der Waals surface area contributed by atoms with Crippen molar-refractivity contribution in [2.75, 3.05) is 32.1 Å². The maximum Gasteiger partial charge on any atom is 0.446 e. The van der Waals surface area contributed by atoms with Crippen LogP contribution in [0.5, 0.6) is 0 Å². The lowest BCUT2D eigenvalue weighted by atomic mass is 10.5. The molecule has 0 spiro atoms. The van der Waals surface area contributed by atoms with Gasteiger partial charge in [0.25, 0.3) is 0 Å². The van der Waals surface area contributed by atoms with Gasteiger partial charge >= 0.3 is 6.09 Å². The summed E-state index contributed by atoms with van der Waals surface area (Å²) in [6.45, 7) is 2.06. The van der Waals surface area contributed by atoms with Gasteiger partial charge in [0.15, 0.2) is 0 Å². The van der Waals surface area contributed by atoms with Crippen molar-refractivity contribution in [3.05, 3.63) is 0 Å². The topological polar surface area (TPSA) is 41.9 Å². The van der Waals surface area contributed by atoms with Crippen molar-refractivity contribution in [1.29, 1.82) is 0 Å². The molecule has 0 aromatic carbocycles. The molecule has 0 unspecified atom stereocenters. The second kappa shape index (κ2) is 9.57. The molecule has 0 aliphatic heterocycles. The summed E-state index contributed by atoms with van der Waals surface area (Å²) in [7, 11) is 4.43. The Balaban J connectivity index is 4.68. The number of hydrogen-bond donors (Lipinski definition) is 0. The van der Waals surface area contributed by atoms with E-state index in [0.29, 0.717) is 0 Å². The second-order valence-corrected chi connectivity index (χ2v) is 9.03. The van der Waals surface area contributed by atoms with E-state index in [4.69, 9.17) is 4.84 Å². The van der Waals surface area contributed by atoms with Crippen LogP contribution in [0.3, 0.4) is 0 Å². The monoisotopic (exact) mass is 346 g/mol. The van der Waals surface area contributed by atoms with Crippen molar-refractivity contribution < 1.29 is 9.63 Å². The second-order valence-electron chi connectivity index (χ2n) is 3.05. The Morgan fingerprint density at radius 2 is 1.78 bits per heavy atom. The zero-order valence-corrected chi connectivity index (χ0v) is 15.3. The molecule has 1 amide bonds. The largest absolute Gasteiger partial charge is 0.446 e. The molecule has 0 bridgehead atoms. The molecule has 0 aromatic heterocycles. The predicted molar refractivity (Wildman–Crippen MR) is 91.7 cm³/mol. The first-order chi connectivity index (χ1) is 8.45. The Labute approximate surface area is 130 Å². The van der Waals surface area contributed by atoms with Crippen LogP contribution in [0.15, 0.2) is 5.16 Å². The number of thioether (sulfide) groups is 3. The summed E-state index contributed by atoms with van der Waals surface area (Å²) in [6, 6.07) is 0. The molecule has 0 fully saturated rings. The number of oxime groups is 1. The molecule has 0 saturated carbocycles. The third-order valence-electron chi connectivity index (χ3n) is 2.01. The van der Waals surface area contributed by atoms with Gasteiger partial charge in [-0.1, -0.05) is 15.9 Å². The number of amides is 1. The van der Waals surface area contributed by atoms with E-state index in [0.717, 1.165) is 5.04 Å². The maximum atomic E-state index is 11.6. The van der Waals surface area contributed by atoms with Gasteiger partial charge in [-0.2, -0.15) is 0 Å². The van der Waals surface area contributed by atoms with E-state index < -0.39 is 6.09 Å². The number of carbonyl (C=O) groups excluding carboxylic acids is 1. The Hall–Kier alpha value is 0.690. The van der Waals surface area contributed by atoms with E-state index in [9.17, 15) is 4.79 Å². The van der Waals surface area contributed by atoms with Crippen LogP contribution in [-0.4, -0.2) is 51.6 Å². The minimum atomic E-state index is -0.467.